The van der Waals surface area contributed by atoms with E-state index in [1.165, 1.54) is 6.07 Å². The van der Waals surface area contributed by atoms with E-state index in [2.05, 4.69) is 5.32 Å². The molecule has 1 aliphatic heterocycles. The van der Waals surface area contributed by atoms with Crippen LogP contribution in [0.5, 0.6) is 0 Å². The van der Waals surface area contributed by atoms with Gasteiger partial charge in [0, 0.05) is 24.3 Å². The first-order valence-electron chi connectivity index (χ1n) is 7.20. The summed E-state index contributed by atoms with van der Waals surface area (Å²) in [7, 11) is 0. The van der Waals surface area contributed by atoms with Crippen LogP contribution in [-0.2, 0) is 0 Å². The maximum atomic E-state index is 12.3. The summed E-state index contributed by atoms with van der Waals surface area (Å²) in [6, 6.07) is 8.40. The highest BCUT2D eigenvalue weighted by atomic mass is 35.5. The van der Waals surface area contributed by atoms with Crippen LogP contribution in [-0.4, -0.2) is 29.8 Å². The molecule has 3 rings (SSSR count). The Bertz CT molecular complexity index is 737. The zero-order valence-corrected chi connectivity index (χ0v) is 14.5. The highest BCUT2D eigenvalue weighted by Gasteiger charge is 2.19. The van der Waals surface area contributed by atoms with Crippen molar-refractivity contribution in [3.8, 4) is 0 Å². The van der Waals surface area contributed by atoms with E-state index in [0.29, 0.717) is 25.5 Å². The van der Waals surface area contributed by atoms with E-state index in [4.69, 9.17) is 23.2 Å². The van der Waals surface area contributed by atoms with Gasteiger partial charge in [0.25, 0.3) is 11.8 Å². The van der Waals surface area contributed by atoms with Crippen LogP contribution in [0.2, 0.25) is 8.67 Å². The number of nitrogens with one attached hydrogen (secondary N) is 1. The summed E-state index contributed by atoms with van der Waals surface area (Å²) in [5.74, 6) is -0.287. The van der Waals surface area contributed by atoms with Crippen molar-refractivity contribution in [1.29, 1.82) is 0 Å². The fourth-order valence-corrected chi connectivity index (χ4v) is 3.95. The molecule has 1 fully saturated rings. The minimum absolute atomic E-state index is 0.0352. The van der Waals surface area contributed by atoms with Crippen LogP contribution >= 0.6 is 34.5 Å². The molecule has 0 bridgehead atoms. The Morgan fingerprint density at radius 1 is 1.09 bits per heavy atom. The van der Waals surface area contributed by atoms with Crippen LogP contribution in [0.3, 0.4) is 0 Å². The van der Waals surface area contributed by atoms with Crippen LogP contribution in [0.4, 0.5) is 5.69 Å². The molecule has 23 heavy (non-hydrogen) atoms. The maximum absolute atomic E-state index is 12.3. The molecule has 120 valence electrons. The lowest BCUT2D eigenvalue weighted by atomic mass is 10.1. The number of halogens is 2. The molecule has 1 saturated heterocycles. The topological polar surface area (TPSA) is 49.4 Å². The van der Waals surface area contributed by atoms with Crippen molar-refractivity contribution in [2.45, 2.75) is 12.8 Å². The number of likely N-dealkylation sites (tertiary alicyclic amines) is 1. The van der Waals surface area contributed by atoms with E-state index < -0.39 is 0 Å². The molecule has 1 N–H and O–H groups in total. The lowest BCUT2D eigenvalue weighted by molar-refractivity contribution is 0.0792. The van der Waals surface area contributed by atoms with E-state index in [0.717, 1.165) is 37.3 Å². The Balaban J connectivity index is 1.68. The van der Waals surface area contributed by atoms with Gasteiger partial charge in [0.05, 0.1) is 9.90 Å². The highest BCUT2D eigenvalue weighted by molar-refractivity contribution is 7.20. The van der Waals surface area contributed by atoms with Gasteiger partial charge in [0.15, 0.2) is 0 Å². The number of hydrogen-bond acceptors (Lipinski definition) is 3. The third kappa shape index (κ3) is 3.68. The molecule has 2 aromatic rings. The number of rotatable bonds is 3. The lowest BCUT2D eigenvalue weighted by Crippen LogP contribution is -2.27. The van der Waals surface area contributed by atoms with Gasteiger partial charge < -0.3 is 10.2 Å². The Kier molecular flexibility index (Phi) is 4.90. The molecule has 0 atom stereocenters. The van der Waals surface area contributed by atoms with Gasteiger partial charge in [0.1, 0.15) is 4.34 Å². The van der Waals surface area contributed by atoms with Crippen molar-refractivity contribution in [1.82, 2.24) is 4.90 Å². The first-order chi connectivity index (χ1) is 11.0. The molecule has 1 aromatic heterocycles. The van der Waals surface area contributed by atoms with Gasteiger partial charge in [-0.2, -0.15) is 0 Å². The molecule has 0 saturated carbocycles. The SMILES string of the molecule is O=C(Nc1ccc(C(=O)N2CCCC2)cc1)c1cc(Cl)sc1Cl. The molecule has 2 amide bonds. The zero-order chi connectivity index (χ0) is 16.4. The summed E-state index contributed by atoms with van der Waals surface area (Å²) >= 11 is 13.0. The summed E-state index contributed by atoms with van der Waals surface area (Å²) in [6.45, 7) is 1.63. The van der Waals surface area contributed by atoms with Gasteiger partial charge in [-0.1, -0.05) is 23.2 Å². The Morgan fingerprint density at radius 3 is 2.30 bits per heavy atom. The second-order valence-corrected chi connectivity index (χ2v) is 7.55. The smallest absolute Gasteiger partial charge is 0.258 e. The lowest BCUT2D eigenvalue weighted by Gasteiger charge is -2.15. The molecule has 2 heterocycles. The number of nitrogens with zero attached hydrogens (tertiary/aromatic N) is 1. The predicted molar refractivity (Wildman–Crippen MR) is 93.9 cm³/mol. The number of anilines is 1. The zero-order valence-electron chi connectivity index (χ0n) is 12.1. The van der Waals surface area contributed by atoms with Crippen LogP contribution in [0.1, 0.15) is 33.6 Å². The van der Waals surface area contributed by atoms with Crippen molar-refractivity contribution in [2.75, 3.05) is 18.4 Å². The normalized spacial score (nSPS) is 14.1. The van der Waals surface area contributed by atoms with Crippen LogP contribution < -0.4 is 5.32 Å². The Morgan fingerprint density at radius 2 is 1.74 bits per heavy atom. The van der Waals surface area contributed by atoms with Crippen molar-refractivity contribution < 1.29 is 9.59 Å². The molecular formula is C16H14Cl2N2O2S. The van der Waals surface area contributed by atoms with Gasteiger partial charge in [-0.25, -0.2) is 0 Å². The van der Waals surface area contributed by atoms with Gasteiger partial charge in [0.2, 0.25) is 0 Å². The largest absolute Gasteiger partial charge is 0.339 e. The first kappa shape index (κ1) is 16.3. The van der Waals surface area contributed by atoms with E-state index in [1.54, 1.807) is 24.3 Å². The molecule has 4 nitrogen and oxygen atoms in total. The van der Waals surface area contributed by atoms with E-state index in [9.17, 15) is 9.59 Å². The van der Waals surface area contributed by atoms with E-state index in [1.807, 2.05) is 4.90 Å². The number of carbonyl (C=O) groups excluding carboxylic acids is 2. The Labute approximate surface area is 148 Å². The minimum atomic E-state index is -0.322. The number of benzene rings is 1. The number of carbonyl (C=O) groups is 2. The standard InChI is InChI=1S/C16H14Cl2N2O2S/c17-13-9-12(14(18)23-13)15(21)19-11-5-3-10(4-6-11)16(22)20-7-1-2-8-20/h3-6,9H,1-2,7-8H2,(H,19,21). The summed E-state index contributed by atoms with van der Waals surface area (Å²) in [4.78, 5) is 26.3. The van der Waals surface area contributed by atoms with Crippen molar-refractivity contribution in [3.63, 3.8) is 0 Å². The molecule has 1 aromatic carbocycles. The second kappa shape index (κ2) is 6.91. The quantitative estimate of drug-likeness (QED) is 0.863. The predicted octanol–water partition coefficient (Wildman–Crippen LogP) is 4.54. The maximum Gasteiger partial charge on any atom is 0.258 e. The molecule has 1 aliphatic rings. The third-order valence-corrected chi connectivity index (χ3v) is 5.17. The van der Waals surface area contributed by atoms with Crippen LogP contribution in [0.15, 0.2) is 30.3 Å². The van der Waals surface area contributed by atoms with Gasteiger partial charge in [-0.15, -0.1) is 11.3 Å². The second-order valence-electron chi connectivity index (χ2n) is 5.27. The highest BCUT2D eigenvalue weighted by Crippen LogP contribution is 2.31. The fraction of sp³-hybridized carbons (Fsp3) is 0.250. The molecule has 0 radical (unpaired) electrons. The first-order valence-corrected chi connectivity index (χ1v) is 8.77. The molecular weight excluding hydrogens is 355 g/mol. The van der Waals surface area contributed by atoms with E-state index in [-0.39, 0.29) is 11.8 Å². The van der Waals surface area contributed by atoms with Crippen molar-refractivity contribution in [3.05, 3.63) is 50.1 Å². The molecule has 7 heteroatoms. The average Bonchev–Trinajstić information content (AvgIpc) is 3.17. The van der Waals surface area contributed by atoms with Gasteiger partial charge in [-0.3, -0.25) is 9.59 Å². The summed E-state index contributed by atoms with van der Waals surface area (Å²) < 4.78 is 0.819. The third-order valence-electron chi connectivity index (χ3n) is 3.68. The Hall–Kier alpha value is -1.56. The van der Waals surface area contributed by atoms with Gasteiger partial charge in [-0.05, 0) is 43.2 Å². The summed E-state index contributed by atoms with van der Waals surface area (Å²) in [6.07, 6.45) is 2.12. The summed E-state index contributed by atoms with van der Waals surface area (Å²) in [5, 5.41) is 2.75. The van der Waals surface area contributed by atoms with E-state index >= 15 is 0 Å². The molecule has 0 unspecified atom stereocenters. The number of thiophene rings is 1. The number of amides is 2. The fourth-order valence-electron chi connectivity index (χ4n) is 2.49. The molecule has 0 spiro atoms. The minimum Gasteiger partial charge on any atom is -0.339 e. The van der Waals surface area contributed by atoms with Crippen molar-refractivity contribution >= 4 is 52.0 Å². The molecule has 0 aliphatic carbocycles. The van der Waals surface area contributed by atoms with Crippen LogP contribution in [0.25, 0.3) is 0 Å². The summed E-state index contributed by atoms with van der Waals surface area (Å²) in [5.41, 5.74) is 1.58. The van der Waals surface area contributed by atoms with Crippen LogP contribution in [0, 0.1) is 0 Å². The van der Waals surface area contributed by atoms with Gasteiger partial charge >= 0.3 is 0 Å². The average molecular weight is 369 g/mol. The number of hydrogen-bond donors (Lipinski definition) is 1. The van der Waals surface area contributed by atoms with Crippen molar-refractivity contribution in [2.24, 2.45) is 0 Å². The monoisotopic (exact) mass is 368 g/mol.